The van der Waals surface area contributed by atoms with Gasteiger partial charge in [-0.1, -0.05) is 18.2 Å². The minimum Gasteiger partial charge on any atom is -0.504 e. The highest BCUT2D eigenvalue weighted by Crippen LogP contribution is 2.31. The van der Waals surface area contributed by atoms with Gasteiger partial charge >= 0.3 is 0 Å². The Morgan fingerprint density at radius 3 is 0.964 bits per heavy atom. The quantitative estimate of drug-likeness (QED) is 0.363. The molecule has 28 heavy (non-hydrogen) atoms. The molecule has 0 atom stereocenters. The Kier molecular flexibility index (Phi) is 5.49. The minimum atomic E-state index is -0.194. The van der Waals surface area contributed by atoms with Gasteiger partial charge in [0, 0.05) is 0 Å². The zero-order valence-electron chi connectivity index (χ0n) is 15.1. The van der Waals surface area contributed by atoms with E-state index >= 15 is 0 Å². The van der Waals surface area contributed by atoms with Crippen molar-refractivity contribution in [1.29, 1.82) is 0 Å². The van der Waals surface area contributed by atoms with E-state index in [0.29, 0.717) is 19.3 Å². The molecule has 0 amide bonds. The summed E-state index contributed by atoms with van der Waals surface area (Å²) in [5, 5.41) is 57.8. The van der Waals surface area contributed by atoms with Crippen molar-refractivity contribution in [3.63, 3.8) is 0 Å². The van der Waals surface area contributed by atoms with Gasteiger partial charge in [-0.05, 0) is 78.3 Å². The van der Waals surface area contributed by atoms with E-state index < -0.39 is 0 Å². The molecule has 6 heteroatoms. The topological polar surface area (TPSA) is 121 Å². The van der Waals surface area contributed by atoms with Gasteiger partial charge in [0.2, 0.25) is 0 Å². The summed E-state index contributed by atoms with van der Waals surface area (Å²) in [6.45, 7) is 0. The van der Waals surface area contributed by atoms with E-state index in [1.54, 1.807) is 18.2 Å². The third kappa shape index (κ3) is 4.59. The van der Waals surface area contributed by atoms with Crippen LogP contribution in [-0.2, 0) is 19.3 Å². The average molecular weight is 382 g/mol. The second kappa shape index (κ2) is 8.00. The molecule has 0 saturated heterocycles. The molecule has 0 saturated carbocycles. The lowest BCUT2D eigenvalue weighted by Gasteiger charge is -2.18. The normalized spacial score (nSPS) is 11.0. The fraction of sp³-hybridized carbons (Fsp3) is 0.182. The van der Waals surface area contributed by atoms with Gasteiger partial charge in [0.25, 0.3) is 0 Å². The molecule has 0 heterocycles. The number of phenols is 6. The Balaban J connectivity index is 1.86. The van der Waals surface area contributed by atoms with Gasteiger partial charge in [-0.15, -0.1) is 0 Å². The second-order valence-electron chi connectivity index (χ2n) is 6.95. The lowest BCUT2D eigenvalue weighted by molar-refractivity contribution is 0.400. The lowest BCUT2D eigenvalue weighted by atomic mass is 9.87. The Morgan fingerprint density at radius 1 is 0.429 bits per heavy atom. The van der Waals surface area contributed by atoms with Crippen molar-refractivity contribution in [3.05, 3.63) is 71.3 Å². The summed E-state index contributed by atoms with van der Waals surface area (Å²) in [7, 11) is 0. The summed E-state index contributed by atoms with van der Waals surface area (Å²) in [4.78, 5) is 0. The van der Waals surface area contributed by atoms with Crippen LogP contribution in [0.4, 0.5) is 0 Å². The SMILES string of the molecule is Oc1ccc(CC(Cc2ccc(O)c(O)c2)Cc2ccc(O)c(O)c2)cc1O. The molecule has 0 fully saturated rings. The Morgan fingerprint density at radius 2 is 0.714 bits per heavy atom. The summed E-state index contributed by atoms with van der Waals surface area (Å²) in [5.41, 5.74) is 2.48. The third-order valence-electron chi connectivity index (χ3n) is 4.69. The second-order valence-corrected chi connectivity index (χ2v) is 6.95. The fourth-order valence-corrected chi connectivity index (χ4v) is 3.30. The van der Waals surface area contributed by atoms with E-state index in [4.69, 9.17) is 0 Å². The zero-order chi connectivity index (χ0) is 20.3. The number of rotatable bonds is 6. The molecule has 0 radical (unpaired) electrons. The molecule has 0 aliphatic heterocycles. The molecule has 0 unspecified atom stereocenters. The molecular weight excluding hydrogens is 360 g/mol. The van der Waals surface area contributed by atoms with Crippen molar-refractivity contribution in [1.82, 2.24) is 0 Å². The van der Waals surface area contributed by atoms with Crippen LogP contribution in [0.25, 0.3) is 0 Å². The van der Waals surface area contributed by atoms with Crippen LogP contribution >= 0.6 is 0 Å². The van der Waals surface area contributed by atoms with Crippen LogP contribution in [0.5, 0.6) is 34.5 Å². The number of hydrogen-bond donors (Lipinski definition) is 6. The molecule has 3 aromatic rings. The molecular formula is C22H22O6. The zero-order valence-corrected chi connectivity index (χ0v) is 15.1. The van der Waals surface area contributed by atoms with Crippen LogP contribution in [0, 0.1) is 5.92 Å². The van der Waals surface area contributed by atoms with Gasteiger partial charge < -0.3 is 30.6 Å². The van der Waals surface area contributed by atoms with Crippen LogP contribution in [0.15, 0.2) is 54.6 Å². The van der Waals surface area contributed by atoms with Crippen molar-refractivity contribution in [2.45, 2.75) is 19.3 Å². The lowest BCUT2D eigenvalue weighted by Crippen LogP contribution is -2.12. The molecule has 0 aliphatic carbocycles. The summed E-state index contributed by atoms with van der Waals surface area (Å²) >= 11 is 0. The number of benzene rings is 3. The van der Waals surface area contributed by atoms with Gasteiger partial charge in [-0.3, -0.25) is 0 Å². The van der Waals surface area contributed by atoms with Crippen LogP contribution in [0.1, 0.15) is 16.7 Å². The highest BCUT2D eigenvalue weighted by Gasteiger charge is 2.15. The molecule has 0 aliphatic rings. The van der Waals surface area contributed by atoms with Crippen molar-refractivity contribution < 1.29 is 30.6 Å². The minimum absolute atomic E-state index is 0.0248. The van der Waals surface area contributed by atoms with E-state index in [0.717, 1.165) is 16.7 Å². The predicted octanol–water partition coefficient (Wildman–Crippen LogP) is 3.56. The van der Waals surface area contributed by atoms with Gasteiger partial charge in [0.05, 0.1) is 0 Å². The van der Waals surface area contributed by atoms with Crippen molar-refractivity contribution in [3.8, 4) is 34.5 Å². The van der Waals surface area contributed by atoms with Crippen molar-refractivity contribution in [2.24, 2.45) is 5.92 Å². The average Bonchev–Trinajstić information content (AvgIpc) is 2.64. The molecule has 6 N–H and O–H groups in total. The van der Waals surface area contributed by atoms with Gasteiger partial charge in [-0.25, -0.2) is 0 Å². The monoisotopic (exact) mass is 382 g/mol. The molecule has 0 bridgehead atoms. The molecule has 0 aromatic heterocycles. The Hall–Kier alpha value is -3.54. The molecule has 6 nitrogen and oxygen atoms in total. The fourth-order valence-electron chi connectivity index (χ4n) is 3.30. The highest BCUT2D eigenvalue weighted by molar-refractivity contribution is 5.43. The smallest absolute Gasteiger partial charge is 0.157 e. The van der Waals surface area contributed by atoms with Crippen LogP contribution in [0.3, 0.4) is 0 Å². The summed E-state index contributed by atoms with van der Waals surface area (Å²) in [6.07, 6.45) is 1.70. The van der Waals surface area contributed by atoms with E-state index in [9.17, 15) is 30.6 Å². The molecule has 3 aromatic carbocycles. The van der Waals surface area contributed by atoms with Gasteiger partial charge in [0.1, 0.15) is 0 Å². The van der Waals surface area contributed by atoms with Crippen LogP contribution < -0.4 is 0 Å². The van der Waals surface area contributed by atoms with Gasteiger partial charge in [0.15, 0.2) is 34.5 Å². The largest absolute Gasteiger partial charge is 0.504 e. The Bertz CT molecular complexity index is 856. The number of aromatic hydroxyl groups is 6. The third-order valence-corrected chi connectivity index (χ3v) is 4.69. The first kappa shape index (κ1) is 19.2. The first-order valence-corrected chi connectivity index (χ1v) is 8.84. The first-order chi connectivity index (χ1) is 13.3. The van der Waals surface area contributed by atoms with E-state index in [-0.39, 0.29) is 40.4 Å². The maximum Gasteiger partial charge on any atom is 0.157 e. The summed E-state index contributed by atoms with van der Waals surface area (Å²) < 4.78 is 0. The number of phenolic OH excluding ortho intramolecular Hbond substituents is 6. The maximum atomic E-state index is 9.75. The van der Waals surface area contributed by atoms with Gasteiger partial charge in [-0.2, -0.15) is 0 Å². The highest BCUT2D eigenvalue weighted by atomic mass is 16.3. The van der Waals surface area contributed by atoms with E-state index in [1.807, 2.05) is 0 Å². The first-order valence-electron chi connectivity index (χ1n) is 8.84. The molecule has 3 rings (SSSR count). The summed E-state index contributed by atoms with van der Waals surface area (Å²) in [5.74, 6) is -1.12. The van der Waals surface area contributed by atoms with Crippen molar-refractivity contribution >= 4 is 0 Å². The maximum absolute atomic E-state index is 9.75. The Labute approximate surface area is 162 Å². The van der Waals surface area contributed by atoms with Crippen LogP contribution in [-0.4, -0.2) is 30.6 Å². The van der Waals surface area contributed by atoms with E-state index in [1.165, 1.54) is 36.4 Å². The predicted molar refractivity (Wildman–Crippen MR) is 104 cm³/mol. The molecule has 146 valence electrons. The standard InChI is InChI=1S/C22H22O6/c23-17-4-1-13(10-20(17)26)7-16(8-14-2-5-18(24)21(27)11-14)9-15-3-6-19(25)22(28)12-15/h1-6,10-12,16,23-28H,7-9H2. The molecule has 0 spiro atoms. The number of hydrogen-bond acceptors (Lipinski definition) is 6. The van der Waals surface area contributed by atoms with Crippen molar-refractivity contribution in [2.75, 3.05) is 0 Å². The van der Waals surface area contributed by atoms with E-state index in [2.05, 4.69) is 0 Å². The van der Waals surface area contributed by atoms with Crippen LogP contribution in [0.2, 0.25) is 0 Å². The summed E-state index contributed by atoms with van der Waals surface area (Å²) in [6, 6.07) is 14.0.